The lowest BCUT2D eigenvalue weighted by atomic mass is 10.1. The second-order valence-electron chi connectivity index (χ2n) is 4.98. The third-order valence-electron chi connectivity index (χ3n) is 3.37. The van der Waals surface area contributed by atoms with Crippen LogP contribution >= 0.6 is 15.9 Å². The molecule has 5 nitrogen and oxygen atoms in total. The quantitative estimate of drug-likeness (QED) is 0.892. The number of nitrogens with one attached hydrogen (secondary N) is 2. The maximum absolute atomic E-state index is 5.75. The summed E-state index contributed by atoms with van der Waals surface area (Å²) in [4.78, 5) is 8.79. The van der Waals surface area contributed by atoms with Crippen LogP contribution in [0.15, 0.2) is 35.1 Å². The van der Waals surface area contributed by atoms with Gasteiger partial charge in [0.15, 0.2) is 0 Å². The molecule has 21 heavy (non-hydrogen) atoms. The van der Waals surface area contributed by atoms with Gasteiger partial charge in [0, 0.05) is 35.5 Å². The maximum Gasteiger partial charge on any atom is 0.134 e. The summed E-state index contributed by atoms with van der Waals surface area (Å²) < 4.78 is 6.70. The Kier molecular flexibility index (Phi) is 4.48. The van der Waals surface area contributed by atoms with Gasteiger partial charge in [-0.1, -0.05) is 0 Å². The summed E-state index contributed by atoms with van der Waals surface area (Å²) in [5, 5.41) is 6.56. The molecule has 0 amide bonds. The summed E-state index contributed by atoms with van der Waals surface area (Å²) in [6.07, 6.45) is 3.71. The number of aromatic nitrogens is 2. The normalized spacial score (nSPS) is 18.5. The van der Waals surface area contributed by atoms with Crippen molar-refractivity contribution < 1.29 is 4.74 Å². The lowest BCUT2D eigenvalue weighted by Gasteiger charge is -2.24. The van der Waals surface area contributed by atoms with Crippen molar-refractivity contribution >= 4 is 27.6 Å². The first-order valence-corrected chi connectivity index (χ1v) is 7.69. The molecule has 2 aromatic heterocycles. The van der Waals surface area contributed by atoms with Gasteiger partial charge in [0.05, 0.1) is 12.7 Å². The molecule has 1 unspecified atom stereocenters. The van der Waals surface area contributed by atoms with Gasteiger partial charge in [0.2, 0.25) is 0 Å². The van der Waals surface area contributed by atoms with Crippen LogP contribution < -0.4 is 10.6 Å². The van der Waals surface area contributed by atoms with E-state index in [0.717, 1.165) is 46.9 Å². The SMILES string of the molecule is Cc1cc(C2CNCCO2)cnc1Nc1ccc(Br)cn1. The zero-order valence-corrected chi connectivity index (χ0v) is 13.4. The van der Waals surface area contributed by atoms with Crippen LogP contribution in [0.2, 0.25) is 0 Å². The van der Waals surface area contributed by atoms with Gasteiger partial charge in [0.1, 0.15) is 11.6 Å². The largest absolute Gasteiger partial charge is 0.371 e. The second kappa shape index (κ2) is 6.51. The highest BCUT2D eigenvalue weighted by Crippen LogP contribution is 2.23. The average Bonchev–Trinajstić information content (AvgIpc) is 2.52. The van der Waals surface area contributed by atoms with Crippen LogP contribution in [-0.2, 0) is 4.74 Å². The van der Waals surface area contributed by atoms with Crippen molar-refractivity contribution in [3.63, 3.8) is 0 Å². The highest BCUT2D eigenvalue weighted by molar-refractivity contribution is 9.10. The topological polar surface area (TPSA) is 59.1 Å². The molecule has 0 spiro atoms. The monoisotopic (exact) mass is 348 g/mol. The van der Waals surface area contributed by atoms with E-state index in [4.69, 9.17) is 4.74 Å². The van der Waals surface area contributed by atoms with Crippen LogP contribution in [0.5, 0.6) is 0 Å². The van der Waals surface area contributed by atoms with Gasteiger partial charge in [-0.15, -0.1) is 0 Å². The molecule has 1 fully saturated rings. The molecular formula is C15H17BrN4O. The summed E-state index contributed by atoms with van der Waals surface area (Å²) in [5.41, 5.74) is 2.18. The van der Waals surface area contributed by atoms with Crippen molar-refractivity contribution in [2.45, 2.75) is 13.0 Å². The van der Waals surface area contributed by atoms with E-state index in [9.17, 15) is 0 Å². The van der Waals surface area contributed by atoms with Crippen molar-refractivity contribution in [3.05, 3.63) is 46.2 Å². The molecule has 0 bridgehead atoms. The summed E-state index contributed by atoms with van der Waals surface area (Å²) in [5.74, 6) is 1.59. The predicted molar refractivity (Wildman–Crippen MR) is 85.8 cm³/mol. The number of nitrogens with zero attached hydrogens (tertiary/aromatic N) is 2. The lowest BCUT2D eigenvalue weighted by molar-refractivity contribution is 0.0275. The smallest absolute Gasteiger partial charge is 0.134 e. The van der Waals surface area contributed by atoms with Gasteiger partial charge in [-0.2, -0.15) is 0 Å². The van der Waals surface area contributed by atoms with Crippen LogP contribution in [0.25, 0.3) is 0 Å². The van der Waals surface area contributed by atoms with Gasteiger partial charge in [-0.25, -0.2) is 9.97 Å². The minimum Gasteiger partial charge on any atom is -0.371 e. The number of morpholine rings is 1. The van der Waals surface area contributed by atoms with Gasteiger partial charge in [-0.05, 0) is 46.6 Å². The fraction of sp³-hybridized carbons (Fsp3) is 0.333. The first-order chi connectivity index (χ1) is 10.2. The van der Waals surface area contributed by atoms with Crippen molar-refractivity contribution in [2.24, 2.45) is 0 Å². The number of anilines is 2. The third-order valence-corrected chi connectivity index (χ3v) is 3.84. The molecule has 0 aromatic carbocycles. The van der Waals surface area contributed by atoms with Crippen LogP contribution in [0.3, 0.4) is 0 Å². The number of aryl methyl sites for hydroxylation is 1. The van der Waals surface area contributed by atoms with E-state index in [2.05, 4.69) is 42.6 Å². The van der Waals surface area contributed by atoms with Crippen LogP contribution in [-0.4, -0.2) is 29.7 Å². The Bertz CT molecular complexity index is 612. The number of halogens is 1. The molecule has 2 aromatic rings. The molecule has 1 atom stereocenters. The summed E-state index contributed by atoms with van der Waals surface area (Å²) in [7, 11) is 0. The van der Waals surface area contributed by atoms with E-state index in [1.807, 2.05) is 25.3 Å². The number of hydrogen-bond acceptors (Lipinski definition) is 5. The zero-order valence-electron chi connectivity index (χ0n) is 11.8. The minimum atomic E-state index is 0.0878. The van der Waals surface area contributed by atoms with E-state index in [-0.39, 0.29) is 6.10 Å². The number of rotatable bonds is 3. The molecule has 3 rings (SSSR count). The van der Waals surface area contributed by atoms with E-state index < -0.39 is 0 Å². The van der Waals surface area contributed by atoms with Crippen LogP contribution in [0.1, 0.15) is 17.2 Å². The summed E-state index contributed by atoms with van der Waals surface area (Å²) in [6.45, 7) is 4.53. The van der Waals surface area contributed by atoms with Crippen molar-refractivity contribution in [1.82, 2.24) is 15.3 Å². The number of ether oxygens (including phenoxy) is 1. The van der Waals surface area contributed by atoms with E-state index in [1.54, 1.807) is 6.20 Å². The third kappa shape index (κ3) is 3.58. The Morgan fingerprint density at radius 1 is 1.33 bits per heavy atom. The molecule has 2 N–H and O–H groups in total. The predicted octanol–water partition coefficient (Wildman–Crippen LogP) is 2.95. The number of pyridine rings is 2. The Labute approximate surface area is 132 Å². The molecule has 6 heteroatoms. The minimum absolute atomic E-state index is 0.0878. The lowest BCUT2D eigenvalue weighted by Crippen LogP contribution is -2.33. The zero-order chi connectivity index (χ0) is 14.7. The Morgan fingerprint density at radius 2 is 2.24 bits per heavy atom. The molecule has 3 heterocycles. The molecular weight excluding hydrogens is 332 g/mol. The Hall–Kier alpha value is -1.50. The summed E-state index contributed by atoms with van der Waals surface area (Å²) >= 11 is 3.37. The fourth-order valence-electron chi connectivity index (χ4n) is 2.25. The molecule has 0 aliphatic carbocycles. The van der Waals surface area contributed by atoms with Gasteiger partial charge in [-0.3, -0.25) is 0 Å². The van der Waals surface area contributed by atoms with Crippen molar-refractivity contribution in [2.75, 3.05) is 25.0 Å². The highest BCUT2D eigenvalue weighted by atomic mass is 79.9. The standard InChI is InChI=1S/C15H17BrN4O/c1-10-6-11(13-9-17-4-5-21-13)7-19-15(10)20-14-3-2-12(16)8-18-14/h2-3,6-8,13,17H,4-5,9H2,1H3,(H,18,19,20). The average molecular weight is 349 g/mol. The van der Waals surface area contributed by atoms with Gasteiger partial charge >= 0.3 is 0 Å². The van der Waals surface area contributed by atoms with E-state index in [1.165, 1.54) is 0 Å². The van der Waals surface area contributed by atoms with Crippen LogP contribution in [0, 0.1) is 6.92 Å². The van der Waals surface area contributed by atoms with E-state index in [0.29, 0.717) is 0 Å². The molecule has 0 radical (unpaired) electrons. The Balaban J connectivity index is 1.76. The van der Waals surface area contributed by atoms with Gasteiger partial charge < -0.3 is 15.4 Å². The van der Waals surface area contributed by atoms with Crippen LogP contribution in [0.4, 0.5) is 11.6 Å². The molecule has 1 aliphatic rings. The Morgan fingerprint density at radius 3 is 2.90 bits per heavy atom. The second-order valence-corrected chi connectivity index (χ2v) is 5.90. The maximum atomic E-state index is 5.75. The van der Waals surface area contributed by atoms with Crippen molar-refractivity contribution in [1.29, 1.82) is 0 Å². The summed E-state index contributed by atoms with van der Waals surface area (Å²) in [6, 6.07) is 5.97. The van der Waals surface area contributed by atoms with Gasteiger partial charge in [0.25, 0.3) is 0 Å². The number of hydrogen-bond donors (Lipinski definition) is 2. The first-order valence-electron chi connectivity index (χ1n) is 6.90. The molecule has 1 aliphatic heterocycles. The molecule has 1 saturated heterocycles. The van der Waals surface area contributed by atoms with E-state index >= 15 is 0 Å². The van der Waals surface area contributed by atoms with Crippen molar-refractivity contribution in [3.8, 4) is 0 Å². The first kappa shape index (κ1) is 14.4. The molecule has 110 valence electrons. The fourth-order valence-corrected chi connectivity index (χ4v) is 2.49. The molecule has 0 saturated carbocycles. The highest BCUT2D eigenvalue weighted by Gasteiger charge is 2.16.